The maximum absolute atomic E-state index is 5.83. The lowest BCUT2D eigenvalue weighted by Crippen LogP contribution is -2.31. The van der Waals surface area contributed by atoms with Crippen LogP contribution in [0.2, 0.25) is 0 Å². The molecule has 0 saturated heterocycles. The van der Waals surface area contributed by atoms with Crippen LogP contribution in [-0.4, -0.2) is 12.6 Å². The van der Waals surface area contributed by atoms with Crippen molar-refractivity contribution in [3.63, 3.8) is 0 Å². The second kappa shape index (κ2) is 6.54. The topological polar surface area (TPSA) is 35.2 Å². The van der Waals surface area contributed by atoms with Gasteiger partial charge in [-0.2, -0.15) is 0 Å². The molecule has 0 aromatic heterocycles. The number of hydrogen-bond acceptors (Lipinski definition) is 2. The Morgan fingerprint density at radius 1 is 1.19 bits per heavy atom. The summed E-state index contributed by atoms with van der Waals surface area (Å²) in [7, 11) is 0. The normalized spacial score (nSPS) is 12.8. The van der Waals surface area contributed by atoms with Crippen molar-refractivity contribution in [2.75, 3.05) is 6.54 Å². The van der Waals surface area contributed by atoms with Crippen molar-refractivity contribution < 1.29 is 4.74 Å². The van der Waals surface area contributed by atoms with Crippen molar-refractivity contribution in [1.82, 2.24) is 0 Å². The van der Waals surface area contributed by atoms with Crippen LogP contribution in [0.25, 0.3) is 0 Å². The molecular weight excluding hydrogens is 198 g/mol. The van der Waals surface area contributed by atoms with E-state index < -0.39 is 0 Å². The van der Waals surface area contributed by atoms with Gasteiger partial charge in [-0.1, -0.05) is 39.3 Å². The molecule has 0 aliphatic carbocycles. The molecule has 0 amide bonds. The zero-order valence-electron chi connectivity index (χ0n) is 10.6. The Kier molecular flexibility index (Phi) is 5.33. The van der Waals surface area contributed by atoms with E-state index in [1.54, 1.807) is 0 Å². The Hall–Kier alpha value is -1.02. The summed E-state index contributed by atoms with van der Waals surface area (Å²) in [6, 6.07) is 8.34. The van der Waals surface area contributed by atoms with Gasteiger partial charge in [-0.15, -0.1) is 0 Å². The average Bonchev–Trinajstić information content (AvgIpc) is 2.28. The van der Waals surface area contributed by atoms with Crippen molar-refractivity contribution >= 4 is 0 Å². The molecule has 0 aliphatic heterocycles. The molecular formula is C14H23NO. The van der Waals surface area contributed by atoms with Crippen molar-refractivity contribution in [2.24, 2.45) is 11.7 Å². The first kappa shape index (κ1) is 13.0. The summed E-state index contributed by atoms with van der Waals surface area (Å²) in [5, 5.41) is 0. The van der Waals surface area contributed by atoms with Gasteiger partial charge in [0.2, 0.25) is 0 Å². The Morgan fingerprint density at radius 2 is 1.81 bits per heavy atom. The van der Waals surface area contributed by atoms with Crippen LogP contribution >= 0.6 is 0 Å². The van der Waals surface area contributed by atoms with Crippen LogP contribution < -0.4 is 10.5 Å². The number of nitrogens with two attached hydrogens (primary N) is 1. The van der Waals surface area contributed by atoms with E-state index in [1.807, 2.05) is 12.1 Å². The first-order valence-corrected chi connectivity index (χ1v) is 6.13. The molecule has 2 heteroatoms. The Balaban J connectivity index is 2.60. The molecule has 0 radical (unpaired) electrons. The van der Waals surface area contributed by atoms with Crippen molar-refractivity contribution in [3.05, 3.63) is 29.8 Å². The molecule has 16 heavy (non-hydrogen) atoms. The maximum Gasteiger partial charge on any atom is 0.119 e. The van der Waals surface area contributed by atoms with E-state index in [2.05, 4.69) is 32.9 Å². The number of aryl methyl sites for hydroxylation is 1. The van der Waals surface area contributed by atoms with Crippen LogP contribution in [0.5, 0.6) is 5.75 Å². The molecule has 1 unspecified atom stereocenters. The standard InChI is InChI=1S/C14H23NO/c1-4-5-12-6-8-13(9-7-12)16-14(10-15)11(2)3/h6-9,11,14H,4-5,10,15H2,1-3H3. The van der Waals surface area contributed by atoms with E-state index in [9.17, 15) is 0 Å². The van der Waals surface area contributed by atoms with E-state index in [1.165, 1.54) is 12.0 Å². The van der Waals surface area contributed by atoms with Gasteiger partial charge in [-0.3, -0.25) is 0 Å². The fourth-order valence-electron chi connectivity index (χ4n) is 1.65. The van der Waals surface area contributed by atoms with Gasteiger partial charge < -0.3 is 10.5 Å². The average molecular weight is 221 g/mol. The molecule has 1 aromatic carbocycles. The van der Waals surface area contributed by atoms with E-state index >= 15 is 0 Å². The summed E-state index contributed by atoms with van der Waals surface area (Å²) >= 11 is 0. The lowest BCUT2D eigenvalue weighted by atomic mass is 10.1. The van der Waals surface area contributed by atoms with Gasteiger partial charge in [0.1, 0.15) is 11.9 Å². The van der Waals surface area contributed by atoms with Gasteiger partial charge in [0, 0.05) is 6.54 Å². The number of hydrogen-bond donors (Lipinski definition) is 1. The third-order valence-corrected chi connectivity index (χ3v) is 2.73. The maximum atomic E-state index is 5.83. The van der Waals surface area contributed by atoms with Gasteiger partial charge in [-0.25, -0.2) is 0 Å². The van der Waals surface area contributed by atoms with Gasteiger partial charge >= 0.3 is 0 Å². The van der Waals surface area contributed by atoms with Crippen LogP contribution in [0.4, 0.5) is 0 Å². The molecule has 0 aliphatic rings. The minimum absolute atomic E-state index is 0.108. The van der Waals surface area contributed by atoms with Gasteiger partial charge in [0.25, 0.3) is 0 Å². The monoisotopic (exact) mass is 221 g/mol. The highest BCUT2D eigenvalue weighted by Crippen LogP contribution is 2.17. The predicted molar refractivity (Wildman–Crippen MR) is 68.7 cm³/mol. The molecule has 1 rings (SSSR count). The summed E-state index contributed by atoms with van der Waals surface area (Å²) in [5.41, 5.74) is 7.04. The van der Waals surface area contributed by atoms with E-state index in [0.29, 0.717) is 12.5 Å². The van der Waals surface area contributed by atoms with Crippen molar-refractivity contribution in [2.45, 2.75) is 39.7 Å². The van der Waals surface area contributed by atoms with Gasteiger partial charge in [0.05, 0.1) is 0 Å². The predicted octanol–water partition coefficient (Wildman–Crippen LogP) is 3.00. The highest BCUT2D eigenvalue weighted by Gasteiger charge is 2.12. The molecule has 0 fully saturated rings. The highest BCUT2D eigenvalue weighted by molar-refractivity contribution is 5.27. The lowest BCUT2D eigenvalue weighted by molar-refractivity contribution is 0.159. The van der Waals surface area contributed by atoms with Crippen molar-refractivity contribution in [3.8, 4) is 5.75 Å². The van der Waals surface area contributed by atoms with Gasteiger partial charge in [0.15, 0.2) is 0 Å². The fraction of sp³-hybridized carbons (Fsp3) is 0.571. The molecule has 90 valence electrons. The van der Waals surface area contributed by atoms with E-state index in [0.717, 1.165) is 12.2 Å². The number of benzene rings is 1. The minimum atomic E-state index is 0.108. The first-order chi connectivity index (χ1) is 7.67. The lowest BCUT2D eigenvalue weighted by Gasteiger charge is -2.20. The minimum Gasteiger partial charge on any atom is -0.489 e. The molecule has 0 bridgehead atoms. The molecule has 0 saturated carbocycles. The summed E-state index contributed by atoms with van der Waals surface area (Å²) in [6.07, 6.45) is 2.42. The van der Waals surface area contributed by atoms with Gasteiger partial charge in [-0.05, 0) is 30.0 Å². The zero-order chi connectivity index (χ0) is 12.0. The van der Waals surface area contributed by atoms with Crippen LogP contribution in [0.3, 0.4) is 0 Å². The second-order valence-corrected chi connectivity index (χ2v) is 4.53. The molecule has 2 N–H and O–H groups in total. The van der Waals surface area contributed by atoms with E-state index in [-0.39, 0.29) is 6.10 Å². The summed E-state index contributed by atoms with van der Waals surface area (Å²) in [4.78, 5) is 0. The third-order valence-electron chi connectivity index (χ3n) is 2.73. The van der Waals surface area contributed by atoms with E-state index in [4.69, 9.17) is 10.5 Å². The largest absolute Gasteiger partial charge is 0.489 e. The van der Waals surface area contributed by atoms with Crippen LogP contribution in [0, 0.1) is 5.92 Å². The molecule has 0 spiro atoms. The summed E-state index contributed by atoms with van der Waals surface area (Å²) in [6.45, 7) is 7.01. The second-order valence-electron chi connectivity index (χ2n) is 4.53. The Morgan fingerprint density at radius 3 is 2.25 bits per heavy atom. The number of rotatable bonds is 6. The molecule has 0 heterocycles. The summed E-state index contributed by atoms with van der Waals surface area (Å²) in [5.74, 6) is 1.37. The molecule has 2 nitrogen and oxygen atoms in total. The number of ether oxygens (including phenoxy) is 1. The summed E-state index contributed by atoms with van der Waals surface area (Å²) < 4.78 is 5.83. The zero-order valence-corrected chi connectivity index (χ0v) is 10.6. The van der Waals surface area contributed by atoms with Crippen molar-refractivity contribution in [1.29, 1.82) is 0 Å². The van der Waals surface area contributed by atoms with Crippen LogP contribution in [0.15, 0.2) is 24.3 Å². The Labute approximate surface area is 98.8 Å². The fourth-order valence-corrected chi connectivity index (χ4v) is 1.65. The smallest absolute Gasteiger partial charge is 0.119 e. The Bertz CT molecular complexity index is 292. The van der Waals surface area contributed by atoms with Crippen LogP contribution in [0.1, 0.15) is 32.8 Å². The quantitative estimate of drug-likeness (QED) is 0.801. The third kappa shape index (κ3) is 3.86. The SMILES string of the molecule is CCCc1ccc(OC(CN)C(C)C)cc1. The molecule has 1 atom stereocenters. The highest BCUT2D eigenvalue weighted by atomic mass is 16.5. The van der Waals surface area contributed by atoms with Crippen LogP contribution in [-0.2, 0) is 6.42 Å². The first-order valence-electron chi connectivity index (χ1n) is 6.13. The molecule has 1 aromatic rings.